The Kier molecular flexibility index (Phi) is 3.78. The van der Waals surface area contributed by atoms with E-state index in [1.54, 1.807) is 24.3 Å². The van der Waals surface area contributed by atoms with Gasteiger partial charge in [0, 0.05) is 15.6 Å². The number of benzene rings is 2. The Morgan fingerprint density at radius 1 is 1.05 bits per heavy atom. The van der Waals surface area contributed by atoms with Gasteiger partial charge < -0.3 is 4.74 Å². The normalized spacial score (nSPS) is 16.0. The van der Waals surface area contributed by atoms with Crippen molar-refractivity contribution < 1.29 is 9.53 Å². The van der Waals surface area contributed by atoms with E-state index < -0.39 is 5.97 Å². The zero-order valence-electron chi connectivity index (χ0n) is 10.7. The first-order valence-electron chi connectivity index (χ1n) is 6.16. The first-order chi connectivity index (χ1) is 10.1. The molecule has 5 heteroatoms. The first-order valence-corrected chi connectivity index (χ1v) is 6.92. The Morgan fingerprint density at radius 2 is 1.81 bits per heavy atom. The van der Waals surface area contributed by atoms with Crippen LogP contribution in [0.1, 0.15) is 11.1 Å². The van der Waals surface area contributed by atoms with Gasteiger partial charge in [-0.15, -0.1) is 0 Å². The van der Waals surface area contributed by atoms with Crippen LogP contribution < -0.4 is 0 Å². The Balaban J connectivity index is 1.99. The van der Waals surface area contributed by atoms with Crippen LogP contribution in [-0.2, 0) is 9.53 Å². The van der Waals surface area contributed by atoms with Gasteiger partial charge in [-0.25, -0.2) is 9.79 Å². The summed E-state index contributed by atoms with van der Waals surface area (Å²) in [5, 5.41) is 1.02. The van der Waals surface area contributed by atoms with Crippen molar-refractivity contribution in [2.75, 3.05) is 0 Å². The van der Waals surface area contributed by atoms with E-state index in [4.69, 9.17) is 27.9 Å². The van der Waals surface area contributed by atoms with Crippen LogP contribution in [0.2, 0.25) is 10.0 Å². The quantitative estimate of drug-likeness (QED) is 0.610. The molecule has 1 aliphatic heterocycles. The minimum Gasteiger partial charge on any atom is -0.402 e. The van der Waals surface area contributed by atoms with Crippen molar-refractivity contribution in [1.29, 1.82) is 0 Å². The predicted octanol–water partition coefficient (Wildman–Crippen LogP) is 4.34. The van der Waals surface area contributed by atoms with Crippen molar-refractivity contribution in [3.05, 3.63) is 75.4 Å². The lowest BCUT2D eigenvalue weighted by atomic mass is 10.2. The SMILES string of the molecule is O=C1OC(c2ccccc2)=N/C1=C/c1cc(Cl)ccc1Cl. The van der Waals surface area contributed by atoms with E-state index in [2.05, 4.69) is 4.99 Å². The maximum Gasteiger partial charge on any atom is 0.363 e. The molecule has 1 aliphatic rings. The van der Waals surface area contributed by atoms with Crippen LogP contribution in [0.5, 0.6) is 0 Å². The van der Waals surface area contributed by atoms with Crippen molar-refractivity contribution in [2.45, 2.75) is 0 Å². The number of carbonyl (C=O) groups excluding carboxylic acids is 1. The van der Waals surface area contributed by atoms with E-state index in [1.807, 2.05) is 30.3 Å². The van der Waals surface area contributed by atoms with Gasteiger partial charge >= 0.3 is 5.97 Å². The van der Waals surface area contributed by atoms with Gasteiger partial charge in [0.15, 0.2) is 5.70 Å². The van der Waals surface area contributed by atoms with Crippen molar-refractivity contribution in [2.24, 2.45) is 4.99 Å². The summed E-state index contributed by atoms with van der Waals surface area (Å²) < 4.78 is 5.17. The third-order valence-corrected chi connectivity index (χ3v) is 3.47. The summed E-state index contributed by atoms with van der Waals surface area (Å²) in [5.74, 6) is -0.227. The van der Waals surface area contributed by atoms with Crippen LogP contribution >= 0.6 is 23.2 Å². The number of hydrogen-bond acceptors (Lipinski definition) is 3. The number of hydrogen-bond donors (Lipinski definition) is 0. The molecule has 0 fully saturated rings. The fourth-order valence-electron chi connectivity index (χ4n) is 1.89. The molecular weight excluding hydrogens is 309 g/mol. The fourth-order valence-corrected chi connectivity index (χ4v) is 2.24. The molecule has 2 aromatic rings. The number of rotatable bonds is 2. The van der Waals surface area contributed by atoms with Crippen LogP contribution in [0.25, 0.3) is 6.08 Å². The zero-order valence-corrected chi connectivity index (χ0v) is 12.2. The summed E-state index contributed by atoms with van der Waals surface area (Å²) in [6, 6.07) is 14.2. The molecule has 0 aliphatic carbocycles. The number of aliphatic imine (C=N–C) groups is 1. The van der Waals surface area contributed by atoms with Gasteiger partial charge in [0.05, 0.1) is 0 Å². The maximum atomic E-state index is 11.9. The highest BCUT2D eigenvalue weighted by Crippen LogP contribution is 2.25. The number of carbonyl (C=O) groups is 1. The molecule has 1 heterocycles. The molecule has 0 spiro atoms. The summed E-state index contributed by atoms with van der Waals surface area (Å²) in [4.78, 5) is 16.1. The first kappa shape index (κ1) is 13.9. The van der Waals surface area contributed by atoms with E-state index in [0.717, 1.165) is 5.56 Å². The zero-order chi connectivity index (χ0) is 14.8. The second-order valence-electron chi connectivity index (χ2n) is 4.37. The average Bonchev–Trinajstić information content (AvgIpc) is 2.85. The predicted molar refractivity (Wildman–Crippen MR) is 83.5 cm³/mol. The molecule has 104 valence electrons. The molecule has 0 saturated heterocycles. The van der Waals surface area contributed by atoms with Crippen molar-refractivity contribution >= 4 is 41.1 Å². The van der Waals surface area contributed by atoms with Crippen LogP contribution in [0, 0.1) is 0 Å². The average molecular weight is 318 g/mol. The van der Waals surface area contributed by atoms with Gasteiger partial charge in [-0.1, -0.05) is 41.4 Å². The van der Waals surface area contributed by atoms with Crippen molar-refractivity contribution in [3.63, 3.8) is 0 Å². The molecule has 3 rings (SSSR count). The highest BCUT2D eigenvalue weighted by atomic mass is 35.5. The second-order valence-corrected chi connectivity index (χ2v) is 5.21. The van der Waals surface area contributed by atoms with Gasteiger partial charge in [-0.05, 0) is 42.0 Å². The number of ether oxygens (including phenoxy) is 1. The molecule has 0 saturated carbocycles. The van der Waals surface area contributed by atoms with Crippen LogP contribution in [0.3, 0.4) is 0 Å². The molecule has 0 amide bonds. The lowest BCUT2D eigenvalue weighted by molar-refractivity contribution is -0.129. The molecule has 2 aromatic carbocycles. The molecular formula is C16H9Cl2NO2. The summed E-state index contributed by atoms with van der Waals surface area (Å²) in [7, 11) is 0. The van der Waals surface area contributed by atoms with Crippen LogP contribution in [-0.4, -0.2) is 11.9 Å². The van der Waals surface area contributed by atoms with Crippen molar-refractivity contribution in [1.82, 2.24) is 0 Å². The summed E-state index contributed by atoms with van der Waals surface area (Å²) in [5.41, 5.74) is 1.55. The van der Waals surface area contributed by atoms with E-state index in [9.17, 15) is 4.79 Å². The van der Waals surface area contributed by atoms with Gasteiger partial charge in [0.25, 0.3) is 0 Å². The van der Waals surface area contributed by atoms with Crippen molar-refractivity contribution in [3.8, 4) is 0 Å². The number of cyclic esters (lactones) is 1. The topological polar surface area (TPSA) is 38.7 Å². The largest absolute Gasteiger partial charge is 0.402 e. The molecule has 0 bridgehead atoms. The van der Waals surface area contributed by atoms with Gasteiger partial charge in [-0.2, -0.15) is 0 Å². The second kappa shape index (κ2) is 5.72. The summed E-state index contributed by atoms with van der Waals surface area (Å²) in [6.07, 6.45) is 1.56. The monoisotopic (exact) mass is 317 g/mol. The minimum absolute atomic E-state index is 0.193. The third kappa shape index (κ3) is 2.99. The molecule has 21 heavy (non-hydrogen) atoms. The standard InChI is InChI=1S/C16H9Cl2NO2/c17-12-6-7-13(18)11(8-12)9-14-16(20)21-15(19-14)10-4-2-1-3-5-10/h1-9H/b14-9+. The Morgan fingerprint density at radius 3 is 2.57 bits per heavy atom. The highest BCUT2D eigenvalue weighted by molar-refractivity contribution is 6.34. The smallest absolute Gasteiger partial charge is 0.363 e. The molecule has 3 nitrogen and oxygen atoms in total. The van der Waals surface area contributed by atoms with E-state index in [1.165, 1.54) is 0 Å². The molecule has 0 aromatic heterocycles. The molecule has 0 atom stereocenters. The number of halogens is 2. The van der Waals surface area contributed by atoms with Gasteiger partial charge in [0.1, 0.15) is 0 Å². The van der Waals surface area contributed by atoms with Crippen LogP contribution in [0.4, 0.5) is 0 Å². The van der Waals surface area contributed by atoms with Gasteiger partial charge in [0.2, 0.25) is 5.90 Å². The maximum absolute atomic E-state index is 11.9. The van der Waals surface area contributed by atoms with E-state index >= 15 is 0 Å². The number of esters is 1. The summed E-state index contributed by atoms with van der Waals surface area (Å²) in [6.45, 7) is 0. The Bertz CT molecular complexity index is 767. The Hall–Kier alpha value is -2.10. The minimum atomic E-state index is -0.509. The lowest BCUT2D eigenvalue weighted by Gasteiger charge is -1.99. The molecule has 0 N–H and O–H groups in total. The lowest BCUT2D eigenvalue weighted by Crippen LogP contribution is -2.04. The van der Waals surface area contributed by atoms with E-state index in [-0.39, 0.29) is 11.6 Å². The highest BCUT2D eigenvalue weighted by Gasteiger charge is 2.24. The van der Waals surface area contributed by atoms with Crippen LogP contribution in [0.15, 0.2) is 59.2 Å². The van der Waals surface area contributed by atoms with Gasteiger partial charge in [-0.3, -0.25) is 0 Å². The third-order valence-electron chi connectivity index (χ3n) is 2.89. The molecule has 0 radical (unpaired) electrons. The summed E-state index contributed by atoms with van der Waals surface area (Å²) >= 11 is 12.0. The van der Waals surface area contributed by atoms with E-state index in [0.29, 0.717) is 15.6 Å². The number of nitrogens with zero attached hydrogens (tertiary/aromatic N) is 1. The molecule has 0 unspecified atom stereocenters. The Labute approximate surface area is 131 Å². The fraction of sp³-hybridized carbons (Fsp3) is 0.